The molecule has 2 rings (SSSR count). The van der Waals surface area contributed by atoms with Crippen molar-refractivity contribution in [3.05, 3.63) is 41.7 Å². The molecule has 1 amide bonds. The van der Waals surface area contributed by atoms with Crippen molar-refractivity contribution in [2.45, 2.75) is 0 Å². The summed E-state index contributed by atoms with van der Waals surface area (Å²) < 4.78 is 13.6. The molecule has 0 aromatic heterocycles. The molecule has 0 heterocycles. The Morgan fingerprint density at radius 3 is 2.25 bits per heavy atom. The van der Waals surface area contributed by atoms with Crippen molar-refractivity contribution in [2.75, 3.05) is 5.32 Å². The van der Waals surface area contributed by atoms with Crippen molar-refractivity contribution >= 4 is 11.6 Å². The number of hydrogen-bond donors (Lipinski definition) is 5. The van der Waals surface area contributed by atoms with Gasteiger partial charge in [0.2, 0.25) is 0 Å². The lowest BCUT2D eigenvalue weighted by molar-refractivity contribution is 0.102. The molecule has 0 spiro atoms. The average Bonchev–Trinajstić information content (AvgIpc) is 2.42. The molecule has 2 aromatic rings. The van der Waals surface area contributed by atoms with Crippen LogP contribution in [0.25, 0.3) is 0 Å². The number of nitrogens with one attached hydrogen (secondary N) is 1. The maximum absolute atomic E-state index is 13.6. The van der Waals surface area contributed by atoms with Crippen LogP contribution in [0.3, 0.4) is 0 Å². The molecule has 0 bridgehead atoms. The van der Waals surface area contributed by atoms with Crippen molar-refractivity contribution in [1.29, 1.82) is 0 Å². The van der Waals surface area contributed by atoms with Gasteiger partial charge in [0.1, 0.15) is 0 Å². The molecule has 0 radical (unpaired) electrons. The summed E-state index contributed by atoms with van der Waals surface area (Å²) >= 11 is 0. The first kappa shape index (κ1) is 13.5. The molecule has 6 nitrogen and oxygen atoms in total. The minimum atomic E-state index is -1.18. The van der Waals surface area contributed by atoms with Gasteiger partial charge in [-0.25, -0.2) is 4.39 Å². The van der Waals surface area contributed by atoms with Crippen molar-refractivity contribution in [2.24, 2.45) is 0 Å². The summed E-state index contributed by atoms with van der Waals surface area (Å²) in [4.78, 5) is 11.8. The van der Waals surface area contributed by atoms with Gasteiger partial charge in [0, 0.05) is 5.56 Å². The van der Waals surface area contributed by atoms with E-state index in [9.17, 15) is 19.4 Å². The largest absolute Gasteiger partial charge is 0.504 e. The summed E-state index contributed by atoms with van der Waals surface area (Å²) in [6.45, 7) is 0. The molecule has 0 atom stereocenters. The molecule has 20 heavy (non-hydrogen) atoms. The first-order valence-corrected chi connectivity index (χ1v) is 5.44. The number of rotatable bonds is 2. The van der Waals surface area contributed by atoms with E-state index in [0.29, 0.717) is 0 Å². The Kier molecular flexibility index (Phi) is 3.34. The van der Waals surface area contributed by atoms with Crippen LogP contribution < -0.4 is 5.32 Å². The van der Waals surface area contributed by atoms with Gasteiger partial charge in [0.15, 0.2) is 28.8 Å². The van der Waals surface area contributed by atoms with E-state index >= 15 is 0 Å². The summed E-state index contributed by atoms with van der Waals surface area (Å²) in [5.74, 6) is -4.45. The zero-order valence-corrected chi connectivity index (χ0v) is 9.96. The van der Waals surface area contributed by atoms with E-state index in [1.165, 1.54) is 6.07 Å². The number of carbonyl (C=O) groups excluding carboxylic acids is 1. The van der Waals surface area contributed by atoms with Crippen LogP contribution in [0.1, 0.15) is 10.4 Å². The predicted molar refractivity (Wildman–Crippen MR) is 67.5 cm³/mol. The van der Waals surface area contributed by atoms with E-state index in [1.807, 2.05) is 0 Å². The van der Waals surface area contributed by atoms with Crippen molar-refractivity contribution in [3.63, 3.8) is 0 Å². The summed E-state index contributed by atoms with van der Waals surface area (Å²) in [7, 11) is 0. The maximum Gasteiger partial charge on any atom is 0.255 e. The lowest BCUT2D eigenvalue weighted by Gasteiger charge is -2.08. The number of phenols is 4. The SMILES string of the molecule is O=C(Nc1ccc(O)c(O)c1F)c1ccc(O)c(O)c1. The van der Waals surface area contributed by atoms with Crippen LogP contribution in [-0.2, 0) is 0 Å². The second kappa shape index (κ2) is 4.96. The van der Waals surface area contributed by atoms with Gasteiger partial charge >= 0.3 is 0 Å². The predicted octanol–water partition coefficient (Wildman–Crippen LogP) is 1.90. The Hall–Kier alpha value is -2.96. The maximum atomic E-state index is 13.6. The molecule has 7 heteroatoms. The van der Waals surface area contributed by atoms with Gasteiger partial charge in [-0.3, -0.25) is 4.79 Å². The molecule has 0 aliphatic rings. The number of anilines is 1. The lowest BCUT2D eigenvalue weighted by atomic mass is 10.1. The number of amides is 1. The van der Waals surface area contributed by atoms with Crippen LogP contribution in [0.2, 0.25) is 0 Å². The van der Waals surface area contributed by atoms with Gasteiger partial charge in [0.05, 0.1) is 5.69 Å². The van der Waals surface area contributed by atoms with Crippen molar-refractivity contribution in [1.82, 2.24) is 0 Å². The van der Waals surface area contributed by atoms with E-state index in [-0.39, 0.29) is 11.3 Å². The van der Waals surface area contributed by atoms with Gasteiger partial charge in [-0.1, -0.05) is 0 Å². The topological polar surface area (TPSA) is 110 Å². The number of phenolic OH excluding ortho intramolecular Hbond substituents is 4. The van der Waals surface area contributed by atoms with Gasteiger partial charge in [0.25, 0.3) is 5.91 Å². The number of halogens is 1. The van der Waals surface area contributed by atoms with Crippen LogP contribution in [-0.4, -0.2) is 26.3 Å². The third kappa shape index (κ3) is 2.41. The Morgan fingerprint density at radius 1 is 0.950 bits per heavy atom. The summed E-state index contributed by atoms with van der Waals surface area (Å²) in [5, 5.41) is 38.8. The van der Waals surface area contributed by atoms with E-state index < -0.39 is 34.7 Å². The second-order valence-electron chi connectivity index (χ2n) is 3.95. The highest BCUT2D eigenvalue weighted by Crippen LogP contribution is 2.33. The minimum absolute atomic E-state index is 0.0211. The molecular formula is C13H10FNO5. The Bertz CT molecular complexity index is 687. The van der Waals surface area contributed by atoms with Crippen LogP contribution in [0, 0.1) is 5.82 Å². The molecule has 0 unspecified atom stereocenters. The fourth-order valence-electron chi connectivity index (χ4n) is 1.51. The number of benzene rings is 2. The Labute approximate surface area is 112 Å². The van der Waals surface area contributed by atoms with Gasteiger partial charge in [-0.2, -0.15) is 0 Å². The monoisotopic (exact) mass is 279 g/mol. The quantitative estimate of drug-likeness (QED) is 0.426. The highest BCUT2D eigenvalue weighted by molar-refractivity contribution is 6.04. The first-order chi connectivity index (χ1) is 9.40. The summed E-state index contributed by atoms with van der Waals surface area (Å²) in [5.41, 5.74) is -0.356. The van der Waals surface area contributed by atoms with E-state index in [0.717, 1.165) is 24.3 Å². The standard InChI is InChI=1S/C13H10FNO5/c14-11-7(2-4-9(17)12(11)19)15-13(20)6-1-3-8(16)10(18)5-6/h1-5,16-19H,(H,15,20). The second-order valence-corrected chi connectivity index (χ2v) is 3.95. The molecule has 0 saturated heterocycles. The van der Waals surface area contributed by atoms with Crippen LogP contribution in [0.4, 0.5) is 10.1 Å². The van der Waals surface area contributed by atoms with E-state index in [1.54, 1.807) is 0 Å². The zero-order chi connectivity index (χ0) is 14.9. The normalized spacial score (nSPS) is 10.2. The highest BCUT2D eigenvalue weighted by Gasteiger charge is 2.15. The number of hydrogen-bond acceptors (Lipinski definition) is 5. The molecular weight excluding hydrogens is 269 g/mol. The lowest BCUT2D eigenvalue weighted by Crippen LogP contribution is -2.12. The minimum Gasteiger partial charge on any atom is -0.504 e. The first-order valence-electron chi connectivity index (χ1n) is 5.44. The summed E-state index contributed by atoms with van der Waals surface area (Å²) in [6, 6.07) is 5.42. The highest BCUT2D eigenvalue weighted by atomic mass is 19.1. The third-order valence-electron chi connectivity index (χ3n) is 2.58. The van der Waals surface area contributed by atoms with Crippen molar-refractivity contribution < 1.29 is 29.6 Å². The fraction of sp³-hybridized carbons (Fsp3) is 0. The van der Waals surface area contributed by atoms with Gasteiger partial charge in [-0.15, -0.1) is 0 Å². The smallest absolute Gasteiger partial charge is 0.255 e. The average molecular weight is 279 g/mol. The molecule has 0 fully saturated rings. The third-order valence-corrected chi connectivity index (χ3v) is 2.58. The number of aromatic hydroxyl groups is 4. The molecule has 104 valence electrons. The van der Waals surface area contributed by atoms with Gasteiger partial charge < -0.3 is 25.7 Å². The fourth-order valence-corrected chi connectivity index (χ4v) is 1.51. The van der Waals surface area contributed by atoms with Crippen LogP contribution in [0.5, 0.6) is 23.0 Å². The molecule has 5 N–H and O–H groups in total. The molecule has 0 saturated carbocycles. The van der Waals surface area contributed by atoms with Crippen molar-refractivity contribution in [3.8, 4) is 23.0 Å². The molecule has 0 aliphatic heterocycles. The Morgan fingerprint density at radius 2 is 1.60 bits per heavy atom. The molecule has 0 aliphatic carbocycles. The zero-order valence-electron chi connectivity index (χ0n) is 9.96. The summed E-state index contributed by atoms with van der Waals surface area (Å²) in [6.07, 6.45) is 0. The van der Waals surface area contributed by atoms with E-state index in [2.05, 4.69) is 5.32 Å². The van der Waals surface area contributed by atoms with Crippen LogP contribution in [0.15, 0.2) is 30.3 Å². The van der Waals surface area contributed by atoms with Crippen LogP contribution >= 0.6 is 0 Å². The van der Waals surface area contributed by atoms with E-state index in [4.69, 9.17) is 10.2 Å². The van der Waals surface area contributed by atoms with Gasteiger partial charge in [-0.05, 0) is 30.3 Å². The Balaban J connectivity index is 2.28. The molecule has 2 aromatic carbocycles. The number of carbonyl (C=O) groups is 1.